The van der Waals surface area contributed by atoms with E-state index in [4.69, 9.17) is 10.5 Å². The molecule has 24 heavy (non-hydrogen) atoms. The van der Waals surface area contributed by atoms with Gasteiger partial charge < -0.3 is 15.8 Å². The minimum Gasteiger partial charge on any atom is -0.490 e. The summed E-state index contributed by atoms with van der Waals surface area (Å²) in [5.74, 6) is 2.30. The molecule has 0 bridgehead atoms. The Hall–Kier alpha value is -0.980. The van der Waals surface area contributed by atoms with Crippen molar-refractivity contribution in [3.05, 3.63) is 29.8 Å². The Kier molecular flexibility index (Phi) is 8.15. The number of halogens is 1. The Labute approximate surface area is 162 Å². The quantitative estimate of drug-likeness (QED) is 0.393. The fraction of sp³-hybridized carbons (Fsp3) is 0.632. The zero-order valence-electron chi connectivity index (χ0n) is 14.4. The van der Waals surface area contributed by atoms with Gasteiger partial charge in [-0.2, -0.15) is 0 Å². The van der Waals surface area contributed by atoms with Crippen molar-refractivity contribution < 1.29 is 4.74 Å². The lowest BCUT2D eigenvalue weighted by Crippen LogP contribution is -2.37. The number of nitrogens with two attached hydrogens (primary N) is 1. The number of nitrogens with zero attached hydrogens (tertiary/aromatic N) is 1. The average molecular weight is 443 g/mol. The summed E-state index contributed by atoms with van der Waals surface area (Å²) in [5.41, 5.74) is 7.09. The third-order valence-corrected chi connectivity index (χ3v) is 4.98. The Morgan fingerprint density at radius 1 is 1.12 bits per heavy atom. The average Bonchev–Trinajstić information content (AvgIpc) is 2.53. The molecule has 3 N–H and O–H groups in total. The van der Waals surface area contributed by atoms with Gasteiger partial charge in [-0.15, -0.1) is 24.0 Å². The van der Waals surface area contributed by atoms with Crippen LogP contribution in [0.1, 0.15) is 56.9 Å². The number of guanidine groups is 1. The Balaban J connectivity index is 0.00000208. The van der Waals surface area contributed by atoms with E-state index in [-0.39, 0.29) is 24.0 Å². The number of aliphatic imine (C=N–C) groups is 1. The maximum Gasteiger partial charge on any atom is 0.188 e. The first kappa shape index (κ1) is 19.3. The summed E-state index contributed by atoms with van der Waals surface area (Å²) in [5, 5.41) is 3.23. The molecule has 0 aromatic heterocycles. The van der Waals surface area contributed by atoms with Gasteiger partial charge in [0.15, 0.2) is 5.96 Å². The molecule has 2 aliphatic rings. The first-order valence-corrected chi connectivity index (χ1v) is 9.09. The molecule has 0 heterocycles. The highest BCUT2D eigenvalue weighted by Crippen LogP contribution is 2.25. The molecule has 1 aromatic rings. The summed E-state index contributed by atoms with van der Waals surface area (Å²) in [7, 11) is 0. The topological polar surface area (TPSA) is 59.6 Å². The van der Waals surface area contributed by atoms with Crippen molar-refractivity contribution in [2.24, 2.45) is 16.6 Å². The minimum atomic E-state index is 0. The van der Waals surface area contributed by atoms with E-state index in [2.05, 4.69) is 22.4 Å². The lowest BCUT2D eigenvalue weighted by molar-refractivity contribution is 0.155. The summed E-state index contributed by atoms with van der Waals surface area (Å²) in [6.07, 6.45) is 10.7. The van der Waals surface area contributed by atoms with Crippen LogP contribution in [0.3, 0.4) is 0 Å². The first-order valence-electron chi connectivity index (χ1n) is 9.09. The van der Waals surface area contributed by atoms with Gasteiger partial charge in [0.05, 0.1) is 12.6 Å². The van der Waals surface area contributed by atoms with Gasteiger partial charge in [0.1, 0.15) is 5.75 Å². The van der Waals surface area contributed by atoms with E-state index in [9.17, 15) is 0 Å². The van der Waals surface area contributed by atoms with E-state index in [1.54, 1.807) is 0 Å². The highest BCUT2D eigenvalue weighted by molar-refractivity contribution is 14.0. The maximum atomic E-state index is 6.11. The van der Waals surface area contributed by atoms with Crippen molar-refractivity contribution in [2.45, 2.75) is 64.0 Å². The number of benzene rings is 1. The third kappa shape index (κ3) is 6.15. The number of ether oxygens (including phenoxy) is 1. The smallest absolute Gasteiger partial charge is 0.188 e. The fourth-order valence-corrected chi connectivity index (χ4v) is 3.27. The van der Waals surface area contributed by atoms with Gasteiger partial charge in [0.25, 0.3) is 0 Å². The SMILES string of the molecule is I.NC(=NCc1cccc(OC2CCCCC2)c1)NCC1CCC1. The minimum absolute atomic E-state index is 0. The molecule has 2 fully saturated rings. The number of rotatable bonds is 6. The Bertz CT molecular complexity index is 525. The van der Waals surface area contributed by atoms with E-state index in [0.717, 1.165) is 23.8 Å². The van der Waals surface area contributed by atoms with E-state index < -0.39 is 0 Å². The van der Waals surface area contributed by atoms with E-state index >= 15 is 0 Å². The second kappa shape index (κ2) is 10.1. The van der Waals surface area contributed by atoms with Crippen LogP contribution in [0.15, 0.2) is 29.3 Å². The van der Waals surface area contributed by atoms with Gasteiger partial charge in [0, 0.05) is 6.54 Å². The van der Waals surface area contributed by atoms with E-state index in [1.807, 2.05) is 12.1 Å². The van der Waals surface area contributed by atoms with Gasteiger partial charge in [-0.1, -0.05) is 25.0 Å². The standard InChI is InChI=1S/C19H29N3O.HI/c20-19(21-13-15-6-4-7-15)22-14-16-8-5-11-18(12-16)23-17-9-2-1-3-10-17;/h5,8,11-12,15,17H,1-4,6-7,9-10,13-14H2,(H3,20,21,22);1H. The van der Waals surface area contributed by atoms with Gasteiger partial charge in [-0.3, -0.25) is 0 Å². The highest BCUT2D eigenvalue weighted by Gasteiger charge is 2.17. The zero-order valence-corrected chi connectivity index (χ0v) is 16.7. The predicted octanol–water partition coefficient (Wildman–Crippen LogP) is 4.22. The number of hydrogen-bond donors (Lipinski definition) is 2. The Morgan fingerprint density at radius 2 is 1.92 bits per heavy atom. The molecule has 0 saturated heterocycles. The molecule has 0 aliphatic heterocycles. The normalized spacial score (nSPS) is 19.2. The van der Waals surface area contributed by atoms with E-state index in [0.29, 0.717) is 18.6 Å². The molecule has 3 rings (SSSR count). The molecule has 5 heteroatoms. The van der Waals surface area contributed by atoms with Crippen LogP contribution >= 0.6 is 24.0 Å². The van der Waals surface area contributed by atoms with Crippen LogP contribution in [0.4, 0.5) is 0 Å². The van der Waals surface area contributed by atoms with Crippen LogP contribution in [0.5, 0.6) is 5.75 Å². The molecule has 4 nitrogen and oxygen atoms in total. The molecule has 2 saturated carbocycles. The molecule has 1 aromatic carbocycles. The third-order valence-electron chi connectivity index (χ3n) is 4.98. The molecule has 0 amide bonds. The van der Waals surface area contributed by atoms with E-state index in [1.165, 1.54) is 51.4 Å². The molecule has 0 spiro atoms. The second-order valence-electron chi connectivity index (χ2n) is 6.90. The zero-order chi connectivity index (χ0) is 15.9. The predicted molar refractivity (Wildman–Crippen MR) is 110 cm³/mol. The van der Waals surface area contributed by atoms with Crippen molar-refractivity contribution >= 4 is 29.9 Å². The lowest BCUT2D eigenvalue weighted by atomic mass is 9.85. The lowest BCUT2D eigenvalue weighted by Gasteiger charge is -2.25. The molecule has 2 aliphatic carbocycles. The Morgan fingerprint density at radius 3 is 2.62 bits per heavy atom. The molecule has 134 valence electrons. The summed E-state index contributed by atoms with van der Waals surface area (Å²) in [6.45, 7) is 1.56. The van der Waals surface area contributed by atoms with Gasteiger partial charge in [-0.05, 0) is 62.1 Å². The van der Waals surface area contributed by atoms with Crippen molar-refractivity contribution in [3.8, 4) is 5.75 Å². The summed E-state index contributed by atoms with van der Waals surface area (Å²) in [4.78, 5) is 4.44. The summed E-state index contributed by atoms with van der Waals surface area (Å²) >= 11 is 0. The van der Waals surface area contributed by atoms with Crippen molar-refractivity contribution in [1.82, 2.24) is 5.32 Å². The summed E-state index contributed by atoms with van der Waals surface area (Å²) in [6, 6.07) is 8.26. The molecule has 0 radical (unpaired) electrons. The number of hydrogen-bond acceptors (Lipinski definition) is 2. The van der Waals surface area contributed by atoms with Gasteiger partial charge in [0.2, 0.25) is 0 Å². The molecule has 0 unspecified atom stereocenters. The number of nitrogens with one attached hydrogen (secondary N) is 1. The van der Waals surface area contributed by atoms with Crippen LogP contribution in [-0.2, 0) is 6.54 Å². The van der Waals surface area contributed by atoms with Crippen LogP contribution in [-0.4, -0.2) is 18.6 Å². The first-order chi connectivity index (χ1) is 11.3. The van der Waals surface area contributed by atoms with Crippen LogP contribution < -0.4 is 15.8 Å². The van der Waals surface area contributed by atoms with Crippen molar-refractivity contribution in [1.29, 1.82) is 0 Å². The second-order valence-corrected chi connectivity index (χ2v) is 6.90. The molecular formula is C19H30IN3O. The van der Waals surface area contributed by atoms with Gasteiger partial charge >= 0.3 is 0 Å². The maximum absolute atomic E-state index is 6.11. The molecular weight excluding hydrogens is 413 g/mol. The van der Waals surface area contributed by atoms with Crippen LogP contribution in [0, 0.1) is 5.92 Å². The van der Waals surface area contributed by atoms with Gasteiger partial charge in [-0.25, -0.2) is 4.99 Å². The van der Waals surface area contributed by atoms with Crippen molar-refractivity contribution in [3.63, 3.8) is 0 Å². The fourth-order valence-electron chi connectivity index (χ4n) is 3.27. The molecule has 0 atom stereocenters. The monoisotopic (exact) mass is 443 g/mol. The van der Waals surface area contributed by atoms with Crippen molar-refractivity contribution in [2.75, 3.05) is 6.54 Å². The largest absolute Gasteiger partial charge is 0.490 e. The van der Waals surface area contributed by atoms with Crippen LogP contribution in [0.25, 0.3) is 0 Å². The van der Waals surface area contributed by atoms with Crippen LogP contribution in [0.2, 0.25) is 0 Å². The summed E-state index contributed by atoms with van der Waals surface area (Å²) < 4.78 is 6.11. The highest BCUT2D eigenvalue weighted by atomic mass is 127.